The molecule has 0 spiro atoms. The Balaban J connectivity index is 1.32. The molecule has 0 fully saturated rings. The number of hydrogen-bond donors (Lipinski definition) is 2. The maximum atomic E-state index is 13.4. The summed E-state index contributed by atoms with van der Waals surface area (Å²) in [5, 5.41) is 14.2. The Morgan fingerprint density at radius 2 is 1.78 bits per heavy atom. The van der Waals surface area contributed by atoms with Gasteiger partial charge in [-0.05, 0) is 62.9 Å². The molecule has 0 saturated carbocycles. The molecule has 2 amide bonds. The van der Waals surface area contributed by atoms with Crippen molar-refractivity contribution in [2.75, 3.05) is 5.32 Å². The molecule has 8 nitrogen and oxygen atoms in total. The Bertz CT molecular complexity index is 1530. The van der Waals surface area contributed by atoms with Gasteiger partial charge in [-0.1, -0.05) is 60.4 Å². The summed E-state index contributed by atoms with van der Waals surface area (Å²) in [5.74, 6) is 6.10. The number of nitrogens with one attached hydrogen (secondary N) is 1. The zero-order valence-corrected chi connectivity index (χ0v) is 23.5. The molecule has 0 aliphatic carbocycles. The number of anilines is 1. The molecule has 41 heavy (non-hydrogen) atoms. The molecule has 0 bridgehead atoms. The van der Waals surface area contributed by atoms with Crippen LogP contribution in [-0.2, 0) is 22.4 Å². The van der Waals surface area contributed by atoms with Gasteiger partial charge in [-0.15, -0.1) is 0 Å². The average Bonchev–Trinajstić information content (AvgIpc) is 3.39. The normalized spacial score (nSPS) is 20.4. The first-order valence-corrected chi connectivity index (χ1v) is 13.9. The number of carbonyl (C=O) groups is 2. The lowest BCUT2D eigenvalue weighted by molar-refractivity contribution is -0.119. The summed E-state index contributed by atoms with van der Waals surface area (Å²) in [5.41, 5.74) is 2.22. The number of hydrogen-bond acceptors (Lipinski definition) is 5. The van der Waals surface area contributed by atoms with Gasteiger partial charge in [0, 0.05) is 30.3 Å². The third-order valence-electron chi connectivity index (χ3n) is 7.40. The fraction of sp³-hybridized carbons (Fsp3) is 0.364. The molecule has 2 aliphatic rings. The second-order valence-electron chi connectivity index (χ2n) is 11.5. The van der Waals surface area contributed by atoms with Crippen LogP contribution in [-0.4, -0.2) is 44.3 Å². The van der Waals surface area contributed by atoms with E-state index in [1.807, 2.05) is 69.3 Å². The standard InChI is InChI=1S/C33H35N3O5/c1-33(2,3)41-32(40)36-26(12-7-13-27(36)30(38)23-9-5-4-6-10-23)21-22-15-17-24(18-16-22)34-31(39)28-20-19-25-11-8-14-29(37)35(25)28/h4-6,8-11,14-18,26-28,30,38H,13,19-21H2,1-3H3,(H,34,39)/t26-,27+,28+,30+/m0/s1. The fourth-order valence-corrected chi connectivity index (χ4v) is 5.48. The summed E-state index contributed by atoms with van der Waals surface area (Å²) >= 11 is 0. The number of aliphatic hydroxyl groups is 1. The zero-order chi connectivity index (χ0) is 29.1. The topological polar surface area (TPSA) is 101 Å². The molecular weight excluding hydrogens is 518 g/mol. The highest BCUT2D eigenvalue weighted by Crippen LogP contribution is 2.30. The van der Waals surface area contributed by atoms with Gasteiger partial charge in [0.1, 0.15) is 23.8 Å². The van der Waals surface area contributed by atoms with Gasteiger partial charge in [0.2, 0.25) is 5.91 Å². The summed E-state index contributed by atoms with van der Waals surface area (Å²) in [7, 11) is 0. The third kappa shape index (κ3) is 6.36. The molecule has 3 aromatic rings. The van der Waals surface area contributed by atoms with Crippen LogP contribution >= 0.6 is 0 Å². The van der Waals surface area contributed by atoms with Crippen LogP contribution in [0.15, 0.2) is 77.6 Å². The van der Waals surface area contributed by atoms with Crippen molar-refractivity contribution in [3.05, 3.63) is 100.0 Å². The van der Waals surface area contributed by atoms with Crippen LogP contribution in [0.25, 0.3) is 0 Å². The van der Waals surface area contributed by atoms with E-state index in [0.717, 1.165) is 11.3 Å². The first kappa shape index (κ1) is 28.2. The van der Waals surface area contributed by atoms with Gasteiger partial charge >= 0.3 is 6.09 Å². The van der Waals surface area contributed by atoms with Crippen LogP contribution in [0.5, 0.6) is 0 Å². The number of fused-ring (bicyclic) bond motifs is 1. The summed E-state index contributed by atoms with van der Waals surface area (Å²) in [6, 6.07) is 20.1. The minimum Gasteiger partial charge on any atom is -0.444 e. The SMILES string of the molecule is CC(C)(C)OC(=O)N1[C@@H]([C@H](O)c2ccccc2)CC#C[C@H]1Cc1ccc(NC(=O)[C@H]2CCc3cccc(=O)n32)cc1. The van der Waals surface area contributed by atoms with Gasteiger partial charge in [0.15, 0.2) is 0 Å². The van der Waals surface area contributed by atoms with Crippen molar-refractivity contribution >= 4 is 17.7 Å². The molecule has 2 aromatic carbocycles. The quantitative estimate of drug-likeness (QED) is 0.434. The number of pyridine rings is 1. The van der Waals surface area contributed by atoms with Gasteiger partial charge in [-0.3, -0.25) is 14.5 Å². The molecular formula is C33H35N3O5. The van der Waals surface area contributed by atoms with E-state index in [9.17, 15) is 19.5 Å². The van der Waals surface area contributed by atoms with Crippen molar-refractivity contribution in [2.24, 2.45) is 0 Å². The van der Waals surface area contributed by atoms with Gasteiger partial charge in [0.05, 0.1) is 6.04 Å². The largest absolute Gasteiger partial charge is 0.444 e. The van der Waals surface area contributed by atoms with Crippen LogP contribution in [0.4, 0.5) is 10.5 Å². The first-order chi connectivity index (χ1) is 19.6. The number of nitrogens with zero attached hydrogens (tertiary/aromatic N) is 2. The maximum absolute atomic E-state index is 13.4. The number of rotatable bonds is 6. The van der Waals surface area contributed by atoms with Crippen LogP contribution in [0.1, 0.15) is 62.6 Å². The number of aliphatic hydroxyl groups excluding tert-OH is 1. The molecule has 0 unspecified atom stereocenters. The lowest BCUT2D eigenvalue weighted by atomic mass is 9.92. The molecule has 0 radical (unpaired) electrons. The van der Waals surface area contributed by atoms with Gasteiger partial charge < -0.3 is 19.7 Å². The summed E-state index contributed by atoms with van der Waals surface area (Å²) in [6.07, 6.45) is 0.566. The van der Waals surface area contributed by atoms with E-state index in [2.05, 4.69) is 17.2 Å². The van der Waals surface area contributed by atoms with E-state index < -0.39 is 35.9 Å². The Kier molecular flexibility index (Phi) is 8.00. The maximum Gasteiger partial charge on any atom is 0.411 e. The Morgan fingerprint density at radius 1 is 1.05 bits per heavy atom. The monoisotopic (exact) mass is 553 g/mol. The molecule has 8 heteroatoms. The predicted molar refractivity (Wildman–Crippen MR) is 156 cm³/mol. The van der Waals surface area contributed by atoms with E-state index >= 15 is 0 Å². The van der Waals surface area contributed by atoms with Crippen molar-refractivity contribution in [1.82, 2.24) is 9.47 Å². The van der Waals surface area contributed by atoms with E-state index in [1.165, 1.54) is 6.07 Å². The first-order valence-electron chi connectivity index (χ1n) is 13.9. The minimum absolute atomic E-state index is 0.172. The smallest absolute Gasteiger partial charge is 0.411 e. The van der Waals surface area contributed by atoms with E-state index in [4.69, 9.17) is 4.74 Å². The van der Waals surface area contributed by atoms with Gasteiger partial charge in [-0.25, -0.2) is 4.79 Å². The second-order valence-corrected chi connectivity index (χ2v) is 11.5. The summed E-state index contributed by atoms with van der Waals surface area (Å²) in [6.45, 7) is 5.43. The number of aromatic nitrogens is 1. The van der Waals surface area contributed by atoms with Gasteiger partial charge in [-0.2, -0.15) is 0 Å². The Labute approximate surface area is 240 Å². The number of amides is 2. The molecule has 0 saturated heterocycles. The molecule has 3 heterocycles. The van der Waals surface area contributed by atoms with Crippen molar-refractivity contribution in [3.8, 4) is 11.8 Å². The summed E-state index contributed by atoms with van der Waals surface area (Å²) in [4.78, 5) is 40.3. The number of aryl methyl sites for hydroxylation is 1. The van der Waals surface area contributed by atoms with Crippen molar-refractivity contribution in [3.63, 3.8) is 0 Å². The number of carbonyl (C=O) groups excluding carboxylic acids is 2. The molecule has 1 aromatic heterocycles. The molecule has 4 atom stereocenters. The van der Waals surface area contributed by atoms with Crippen LogP contribution in [0, 0.1) is 11.8 Å². The highest BCUT2D eigenvalue weighted by atomic mass is 16.6. The van der Waals surface area contributed by atoms with Crippen LogP contribution in [0.2, 0.25) is 0 Å². The Hall–Kier alpha value is -4.35. The molecule has 212 valence electrons. The molecule has 5 rings (SSSR count). The highest BCUT2D eigenvalue weighted by molar-refractivity contribution is 5.94. The predicted octanol–water partition coefficient (Wildman–Crippen LogP) is 4.63. The lowest BCUT2D eigenvalue weighted by Crippen LogP contribution is -2.53. The molecule has 2 aliphatic heterocycles. The average molecular weight is 554 g/mol. The van der Waals surface area contributed by atoms with E-state index in [-0.39, 0.29) is 11.5 Å². The van der Waals surface area contributed by atoms with Gasteiger partial charge in [0.25, 0.3) is 5.56 Å². The lowest BCUT2D eigenvalue weighted by Gasteiger charge is -2.40. The summed E-state index contributed by atoms with van der Waals surface area (Å²) < 4.78 is 7.31. The van der Waals surface area contributed by atoms with Crippen molar-refractivity contribution < 1.29 is 19.4 Å². The van der Waals surface area contributed by atoms with E-state index in [0.29, 0.717) is 36.9 Å². The molecule has 2 N–H and O–H groups in total. The third-order valence-corrected chi connectivity index (χ3v) is 7.40. The fourth-order valence-electron chi connectivity index (χ4n) is 5.48. The van der Waals surface area contributed by atoms with Crippen molar-refractivity contribution in [2.45, 2.75) is 76.3 Å². The second kappa shape index (κ2) is 11.6. The van der Waals surface area contributed by atoms with Crippen LogP contribution in [0.3, 0.4) is 0 Å². The number of benzene rings is 2. The highest BCUT2D eigenvalue weighted by Gasteiger charge is 2.39. The Morgan fingerprint density at radius 3 is 2.49 bits per heavy atom. The van der Waals surface area contributed by atoms with Crippen LogP contribution < -0.4 is 10.9 Å². The number of ether oxygens (including phenoxy) is 1. The van der Waals surface area contributed by atoms with E-state index in [1.54, 1.807) is 27.7 Å². The van der Waals surface area contributed by atoms with Crippen molar-refractivity contribution in [1.29, 1.82) is 0 Å². The minimum atomic E-state index is -0.924. The zero-order valence-electron chi connectivity index (χ0n) is 23.5.